The van der Waals surface area contributed by atoms with Gasteiger partial charge in [-0.25, -0.2) is 0 Å². The highest BCUT2D eigenvalue weighted by Gasteiger charge is 2.29. The van der Waals surface area contributed by atoms with Gasteiger partial charge in [-0.15, -0.1) is 12.4 Å². The van der Waals surface area contributed by atoms with E-state index in [2.05, 4.69) is 5.32 Å². The number of rotatable bonds is 2. The minimum atomic E-state index is -0.210. The summed E-state index contributed by atoms with van der Waals surface area (Å²) >= 11 is 0. The zero-order chi connectivity index (χ0) is 10.7. The van der Waals surface area contributed by atoms with Crippen molar-refractivity contribution in [2.45, 2.75) is 25.3 Å². The average molecular weight is 249 g/mol. The van der Waals surface area contributed by atoms with Gasteiger partial charge in [-0.2, -0.15) is 0 Å². The van der Waals surface area contributed by atoms with Crippen molar-refractivity contribution in [2.75, 3.05) is 26.3 Å². The SMILES string of the molecule is Cl.O=C1COCC(=O)N1CC1CCCCN1. The first-order valence-electron chi connectivity index (χ1n) is 5.41. The molecule has 2 heterocycles. The molecule has 1 atom stereocenters. The number of hydrogen-bond acceptors (Lipinski definition) is 4. The van der Waals surface area contributed by atoms with E-state index in [4.69, 9.17) is 4.74 Å². The summed E-state index contributed by atoms with van der Waals surface area (Å²) in [4.78, 5) is 24.2. The summed E-state index contributed by atoms with van der Waals surface area (Å²) in [6.07, 6.45) is 3.39. The fourth-order valence-electron chi connectivity index (χ4n) is 2.02. The minimum Gasteiger partial charge on any atom is -0.362 e. The van der Waals surface area contributed by atoms with Gasteiger partial charge in [-0.05, 0) is 19.4 Å². The Labute approximate surface area is 101 Å². The summed E-state index contributed by atoms with van der Waals surface area (Å²) in [5.74, 6) is -0.419. The van der Waals surface area contributed by atoms with Gasteiger partial charge in [-0.3, -0.25) is 14.5 Å². The topological polar surface area (TPSA) is 58.6 Å². The van der Waals surface area contributed by atoms with E-state index in [1.807, 2.05) is 0 Å². The van der Waals surface area contributed by atoms with Crippen LogP contribution in [0.1, 0.15) is 19.3 Å². The maximum absolute atomic E-state index is 11.4. The number of nitrogens with zero attached hydrogens (tertiary/aromatic N) is 1. The van der Waals surface area contributed by atoms with E-state index in [-0.39, 0.29) is 43.5 Å². The number of ether oxygens (including phenoxy) is 1. The van der Waals surface area contributed by atoms with Crippen molar-refractivity contribution in [3.05, 3.63) is 0 Å². The molecule has 0 radical (unpaired) electrons. The molecule has 16 heavy (non-hydrogen) atoms. The molecule has 0 aromatic heterocycles. The fraction of sp³-hybridized carbons (Fsp3) is 0.800. The number of carbonyl (C=O) groups is 2. The van der Waals surface area contributed by atoms with Gasteiger partial charge in [0.25, 0.3) is 11.8 Å². The summed E-state index contributed by atoms with van der Waals surface area (Å²) in [5.41, 5.74) is 0. The Hall–Kier alpha value is -0.650. The highest BCUT2D eigenvalue weighted by molar-refractivity contribution is 5.98. The summed E-state index contributed by atoms with van der Waals surface area (Å²) < 4.78 is 4.85. The van der Waals surface area contributed by atoms with E-state index in [9.17, 15) is 9.59 Å². The Kier molecular flexibility index (Phi) is 5.18. The smallest absolute Gasteiger partial charge is 0.255 e. The Morgan fingerprint density at radius 2 is 1.94 bits per heavy atom. The van der Waals surface area contributed by atoms with Crippen LogP contribution in [0.3, 0.4) is 0 Å². The number of piperidine rings is 1. The van der Waals surface area contributed by atoms with E-state index in [1.165, 1.54) is 17.7 Å². The summed E-state index contributed by atoms with van der Waals surface area (Å²) in [7, 11) is 0. The van der Waals surface area contributed by atoms with Crippen molar-refractivity contribution in [1.29, 1.82) is 0 Å². The molecule has 0 aromatic carbocycles. The number of hydrogen-bond donors (Lipinski definition) is 1. The number of imide groups is 1. The number of morpholine rings is 1. The summed E-state index contributed by atoms with van der Waals surface area (Å²) in [5, 5.41) is 3.32. The lowest BCUT2D eigenvalue weighted by Crippen LogP contribution is -2.52. The van der Waals surface area contributed by atoms with E-state index in [0.29, 0.717) is 6.54 Å². The van der Waals surface area contributed by atoms with E-state index in [1.54, 1.807) is 0 Å². The molecule has 5 nitrogen and oxygen atoms in total. The summed E-state index contributed by atoms with van der Waals surface area (Å²) in [6, 6.07) is 0.268. The maximum Gasteiger partial charge on any atom is 0.255 e. The Morgan fingerprint density at radius 3 is 2.50 bits per heavy atom. The molecule has 2 fully saturated rings. The molecule has 2 rings (SSSR count). The molecular weight excluding hydrogens is 232 g/mol. The number of amides is 2. The molecule has 2 saturated heterocycles. The normalized spacial score (nSPS) is 26.5. The first kappa shape index (κ1) is 13.4. The van der Waals surface area contributed by atoms with Crippen LogP contribution in [0.5, 0.6) is 0 Å². The number of halogens is 1. The molecular formula is C10H17ClN2O3. The number of nitrogens with one attached hydrogen (secondary N) is 1. The predicted octanol–water partition coefficient (Wildman–Crippen LogP) is -0.0643. The zero-order valence-corrected chi connectivity index (χ0v) is 9.92. The van der Waals surface area contributed by atoms with E-state index in [0.717, 1.165) is 13.0 Å². The monoisotopic (exact) mass is 248 g/mol. The third-order valence-electron chi connectivity index (χ3n) is 2.87. The molecule has 1 unspecified atom stereocenters. The lowest BCUT2D eigenvalue weighted by atomic mass is 10.0. The van der Waals surface area contributed by atoms with Crippen LogP contribution in [0.4, 0.5) is 0 Å². The van der Waals surface area contributed by atoms with Crippen molar-refractivity contribution in [1.82, 2.24) is 10.2 Å². The van der Waals surface area contributed by atoms with Gasteiger partial charge < -0.3 is 10.1 Å². The second-order valence-corrected chi connectivity index (χ2v) is 4.04. The quantitative estimate of drug-likeness (QED) is 0.696. The van der Waals surface area contributed by atoms with Crippen LogP contribution in [0, 0.1) is 0 Å². The van der Waals surface area contributed by atoms with E-state index >= 15 is 0 Å². The predicted molar refractivity (Wildman–Crippen MR) is 60.4 cm³/mol. The van der Waals surface area contributed by atoms with Crippen molar-refractivity contribution in [3.63, 3.8) is 0 Å². The van der Waals surface area contributed by atoms with Gasteiger partial charge in [0.05, 0.1) is 0 Å². The van der Waals surface area contributed by atoms with Crippen molar-refractivity contribution in [2.24, 2.45) is 0 Å². The highest BCUT2D eigenvalue weighted by atomic mass is 35.5. The first-order valence-corrected chi connectivity index (χ1v) is 5.41. The van der Waals surface area contributed by atoms with Gasteiger partial charge in [-0.1, -0.05) is 6.42 Å². The fourth-order valence-corrected chi connectivity index (χ4v) is 2.02. The minimum absolute atomic E-state index is 0. The highest BCUT2D eigenvalue weighted by Crippen LogP contribution is 2.10. The van der Waals surface area contributed by atoms with E-state index < -0.39 is 0 Å². The van der Waals surface area contributed by atoms with Crippen LogP contribution in [0.25, 0.3) is 0 Å². The lowest BCUT2D eigenvalue weighted by molar-refractivity contribution is -0.158. The molecule has 1 N–H and O–H groups in total. The van der Waals surface area contributed by atoms with Crippen LogP contribution in [-0.4, -0.2) is 49.1 Å². The van der Waals surface area contributed by atoms with Gasteiger partial charge in [0.1, 0.15) is 13.2 Å². The van der Waals surface area contributed by atoms with Gasteiger partial charge in [0.15, 0.2) is 0 Å². The Bertz CT molecular complexity index is 251. The molecule has 2 amide bonds. The zero-order valence-electron chi connectivity index (χ0n) is 9.11. The van der Waals surface area contributed by atoms with Crippen molar-refractivity contribution in [3.8, 4) is 0 Å². The van der Waals surface area contributed by atoms with Crippen LogP contribution < -0.4 is 5.32 Å². The lowest BCUT2D eigenvalue weighted by Gasteiger charge is -2.31. The molecule has 0 spiro atoms. The molecule has 2 aliphatic heterocycles. The molecule has 6 heteroatoms. The van der Waals surface area contributed by atoms with Crippen molar-refractivity contribution < 1.29 is 14.3 Å². The third kappa shape index (κ3) is 3.17. The van der Waals surface area contributed by atoms with Crippen LogP contribution in [0.15, 0.2) is 0 Å². The second kappa shape index (κ2) is 6.18. The maximum atomic E-state index is 11.4. The van der Waals surface area contributed by atoms with Crippen LogP contribution in [0.2, 0.25) is 0 Å². The molecule has 0 saturated carbocycles. The van der Waals surface area contributed by atoms with Gasteiger partial charge in [0.2, 0.25) is 0 Å². The molecule has 0 bridgehead atoms. The average Bonchev–Trinajstić information content (AvgIpc) is 2.25. The Balaban J connectivity index is 0.00000128. The Morgan fingerprint density at radius 1 is 1.25 bits per heavy atom. The van der Waals surface area contributed by atoms with Gasteiger partial charge >= 0.3 is 0 Å². The first-order chi connectivity index (χ1) is 7.27. The molecule has 2 aliphatic rings. The third-order valence-corrected chi connectivity index (χ3v) is 2.87. The number of carbonyl (C=O) groups excluding carboxylic acids is 2. The largest absolute Gasteiger partial charge is 0.362 e. The van der Waals surface area contributed by atoms with Crippen LogP contribution >= 0.6 is 12.4 Å². The molecule has 0 aliphatic carbocycles. The van der Waals surface area contributed by atoms with Crippen molar-refractivity contribution >= 4 is 24.2 Å². The standard InChI is InChI=1S/C10H16N2O3.ClH/c13-9-6-15-7-10(14)12(9)5-8-3-1-2-4-11-8;/h8,11H,1-7H2;1H. The van der Waals surface area contributed by atoms with Crippen LogP contribution in [-0.2, 0) is 14.3 Å². The molecule has 0 aromatic rings. The second-order valence-electron chi connectivity index (χ2n) is 4.04. The summed E-state index contributed by atoms with van der Waals surface area (Å²) in [6.45, 7) is 1.56. The molecule has 92 valence electrons. The van der Waals surface area contributed by atoms with Gasteiger partial charge in [0, 0.05) is 12.6 Å².